The summed E-state index contributed by atoms with van der Waals surface area (Å²) in [5.74, 6) is 0.371. The van der Waals surface area contributed by atoms with Gasteiger partial charge in [-0.1, -0.05) is 193 Å². The minimum Gasteiger partial charge on any atom is -0.362 e. The monoisotopic (exact) mass is 1070 g/mol. The van der Waals surface area contributed by atoms with E-state index in [0.717, 1.165) is 31.4 Å². The molecule has 414 valence electrons. The van der Waals surface area contributed by atoms with Gasteiger partial charge in [-0.3, -0.25) is 0 Å². The van der Waals surface area contributed by atoms with Crippen LogP contribution in [0.5, 0.6) is 0 Å². The van der Waals surface area contributed by atoms with Crippen LogP contribution in [-0.4, -0.2) is 12.3 Å². The molecule has 0 spiro atoms. The van der Waals surface area contributed by atoms with E-state index in [2.05, 4.69) is 272 Å². The van der Waals surface area contributed by atoms with Crippen molar-refractivity contribution in [1.29, 1.82) is 0 Å². The molecule has 0 aromatic heterocycles. The summed E-state index contributed by atoms with van der Waals surface area (Å²) < 4.78 is 0. The Balaban J connectivity index is 1.21. The smallest absolute Gasteiger partial charge is 0.250 e. The molecular formula is C77H88BN3. The molecule has 2 unspecified atom stereocenters. The van der Waals surface area contributed by atoms with Gasteiger partial charge in [0.25, 0.3) is 0 Å². The number of hydrogen-bond donors (Lipinski definition) is 1. The predicted octanol–water partition coefficient (Wildman–Crippen LogP) is 18.5. The molecule has 6 aliphatic rings. The number of anilines is 5. The van der Waals surface area contributed by atoms with Crippen molar-refractivity contribution in [2.24, 2.45) is 11.3 Å². The first kappa shape index (κ1) is 54.8. The summed E-state index contributed by atoms with van der Waals surface area (Å²) in [6.07, 6.45) is 21.2. The highest BCUT2D eigenvalue weighted by atomic mass is 15.2. The van der Waals surface area contributed by atoms with Crippen molar-refractivity contribution >= 4 is 57.1 Å². The third-order valence-electron chi connectivity index (χ3n) is 21.3. The third kappa shape index (κ3) is 8.33. The van der Waals surface area contributed by atoms with Gasteiger partial charge >= 0.3 is 0 Å². The fourth-order valence-corrected chi connectivity index (χ4v) is 16.7. The zero-order chi connectivity index (χ0) is 57.5. The number of nitrogens with zero attached hydrogens (tertiary/aromatic N) is 2. The molecule has 1 N–H and O–H groups in total. The van der Waals surface area contributed by atoms with E-state index >= 15 is 0 Å². The summed E-state index contributed by atoms with van der Waals surface area (Å²) in [5.41, 5.74) is 29.3. The molecule has 3 nitrogen and oxygen atoms in total. The van der Waals surface area contributed by atoms with Gasteiger partial charge in [-0.05, 0) is 213 Å². The number of rotatable bonds is 5. The molecule has 1 saturated carbocycles. The van der Waals surface area contributed by atoms with Crippen molar-refractivity contribution < 1.29 is 0 Å². The SMILES string of the molecule is C=C1/C=C(C(C)C)\C=C/N(c2ccc3c(c2)/C(C)=C\C2=C(/C=C/Nc4cc(C)cc5c4B3c3cc4c(cc3N5c3cccc(-c5ccccc5C)c3CC)C(C)(C)CC4(C)C)C(C)(C)c3ccccc3C2(C)C)C2(C)CCCCC12C. The minimum absolute atomic E-state index is 0.0109. The molecule has 3 aliphatic heterocycles. The Kier molecular flexibility index (Phi) is 13.0. The van der Waals surface area contributed by atoms with Crippen LogP contribution >= 0.6 is 0 Å². The maximum Gasteiger partial charge on any atom is 0.250 e. The van der Waals surface area contributed by atoms with Crippen LogP contribution in [0.15, 0.2) is 175 Å². The number of allylic oxidation sites excluding steroid dienone is 8. The lowest BCUT2D eigenvalue weighted by atomic mass is 9.33. The predicted molar refractivity (Wildman–Crippen MR) is 352 cm³/mol. The highest BCUT2D eigenvalue weighted by Crippen LogP contribution is 2.57. The number of benzene rings is 6. The van der Waals surface area contributed by atoms with Crippen molar-refractivity contribution in [2.75, 3.05) is 15.1 Å². The van der Waals surface area contributed by atoms with E-state index in [4.69, 9.17) is 6.58 Å². The summed E-state index contributed by atoms with van der Waals surface area (Å²) in [4.78, 5) is 5.39. The fourth-order valence-electron chi connectivity index (χ4n) is 16.7. The average Bonchev–Trinajstić information content (AvgIpc) is 2.65. The molecule has 3 heterocycles. The van der Waals surface area contributed by atoms with Gasteiger partial charge in [0.15, 0.2) is 0 Å². The molecule has 1 fully saturated rings. The van der Waals surface area contributed by atoms with Crippen molar-refractivity contribution in [3.63, 3.8) is 0 Å². The molecule has 3 aliphatic carbocycles. The first-order valence-electron chi connectivity index (χ1n) is 30.6. The Labute approximate surface area is 487 Å². The Morgan fingerprint density at radius 1 is 0.617 bits per heavy atom. The van der Waals surface area contributed by atoms with E-state index in [1.807, 2.05) is 0 Å². The van der Waals surface area contributed by atoms with Gasteiger partial charge in [-0.2, -0.15) is 0 Å². The molecule has 12 rings (SSSR count). The molecular weight excluding hydrogens is 978 g/mol. The third-order valence-corrected chi connectivity index (χ3v) is 21.3. The molecule has 6 aromatic carbocycles. The van der Waals surface area contributed by atoms with Gasteiger partial charge in [0.1, 0.15) is 0 Å². The molecule has 0 radical (unpaired) electrons. The molecule has 4 heteroatoms. The largest absolute Gasteiger partial charge is 0.362 e. The van der Waals surface area contributed by atoms with E-state index in [0.29, 0.717) is 5.92 Å². The Hall–Kier alpha value is -6.78. The van der Waals surface area contributed by atoms with E-state index < -0.39 is 0 Å². The normalized spacial score (nSPS) is 24.9. The first-order valence-corrected chi connectivity index (χ1v) is 30.6. The van der Waals surface area contributed by atoms with Crippen LogP contribution in [0.3, 0.4) is 0 Å². The van der Waals surface area contributed by atoms with Crippen molar-refractivity contribution in [3.05, 3.63) is 219 Å². The number of hydrogen-bond acceptors (Lipinski definition) is 3. The van der Waals surface area contributed by atoms with E-state index in [1.165, 1.54) is 135 Å². The second-order valence-corrected chi connectivity index (χ2v) is 28.4. The Morgan fingerprint density at radius 2 is 1.28 bits per heavy atom. The quantitative estimate of drug-likeness (QED) is 0.173. The highest BCUT2D eigenvalue weighted by molar-refractivity contribution is 6.99. The molecule has 0 amide bonds. The summed E-state index contributed by atoms with van der Waals surface area (Å²) in [6, 6.07) is 43.1. The van der Waals surface area contributed by atoms with Crippen molar-refractivity contribution in [3.8, 4) is 11.1 Å². The maximum atomic E-state index is 4.92. The lowest BCUT2D eigenvalue weighted by molar-refractivity contribution is 0.136. The first-order chi connectivity index (χ1) is 38.3. The number of nitrogens with one attached hydrogen (secondary N) is 1. The zero-order valence-corrected chi connectivity index (χ0v) is 51.9. The van der Waals surface area contributed by atoms with Crippen LogP contribution in [0.25, 0.3) is 16.7 Å². The zero-order valence-electron chi connectivity index (χ0n) is 51.9. The summed E-state index contributed by atoms with van der Waals surface area (Å²) in [7, 11) is 0. The summed E-state index contributed by atoms with van der Waals surface area (Å²) >= 11 is 0. The number of aryl methyl sites for hydroxylation is 2. The molecule has 0 saturated heterocycles. The van der Waals surface area contributed by atoms with Gasteiger partial charge in [-0.15, -0.1) is 0 Å². The van der Waals surface area contributed by atoms with E-state index in [1.54, 1.807) is 0 Å². The van der Waals surface area contributed by atoms with Crippen molar-refractivity contribution in [2.45, 2.75) is 177 Å². The second kappa shape index (κ2) is 19.2. The van der Waals surface area contributed by atoms with Gasteiger partial charge in [0.2, 0.25) is 6.71 Å². The van der Waals surface area contributed by atoms with E-state index in [9.17, 15) is 0 Å². The van der Waals surface area contributed by atoms with Crippen LogP contribution in [0, 0.1) is 25.2 Å². The Morgan fingerprint density at radius 3 is 1.99 bits per heavy atom. The summed E-state index contributed by atoms with van der Waals surface area (Å²) in [5, 5.41) is 4.12. The lowest BCUT2D eigenvalue weighted by Crippen LogP contribution is -2.59. The fraction of sp³-hybridized carbons (Fsp3) is 0.377. The van der Waals surface area contributed by atoms with Crippen LogP contribution in [-0.2, 0) is 28.1 Å². The molecule has 81 heavy (non-hydrogen) atoms. The second-order valence-electron chi connectivity index (χ2n) is 28.4. The minimum atomic E-state index is -0.277. The topological polar surface area (TPSA) is 18.5 Å². The number of fused-ring (bicyclic) bond motifs is 7. The molecule has 0 bridgehead atoms. The molecule has 6 aromatic rings. The average molecular weight is 1070 g/mol. The maximum absolute atomic E-state index is 4.92. The lowest BCUT2D eigenvalue weighted by Gasteiger charge is -2.57. The Bertz CT molecular complexity index is 3790. The van der Waals surface area contributed by atoms with Crippen molar-refractivity contribution in [1.82, 2.24) is 0 Å². The molecule has 2 atom stereocenters. The van der Waals surface area contributed by atoms with Crippen LogP contribution in [0.1, 0.15) is 174 Å². The van der Waals surface area contributed by atoms with E-state index in [-0.39, 0.29) is 39.3 Å². The van der Waals surface area contributed by atoms with Gasteiger partial charge in [0.05, 0.1) is 5.54 Å². The van der Waals surface area contributed by atoms with Gasteiger partial charge < -0.3 is 15.1 Å². The standard InChI is InChI=1S/C77H88BN3/c1-18-55-57(56-27-20-19-26-50(56)5)28-25-31-68(55)81-69-46-63-62(72(8,9)47-73(63,10)11)45-66(69)78-65-33-32-54(80-39-35-53(48(2)3)43-52(7)76(16)36-23-24-37-77(76,80)17)44-58(65)51(6)42-64-61(34-38-79-67-40-49(4)41-70(81)71(67)78)74(12,13)59-29-21-22-30-60(59)75(64,14)15/h19-22,25-35,38-46,48,79H,7,18,23-24,36-37,47H2,1-6,8-17H3/b38-34+,39-35-,51-42-,53-43+. The van der Waals surface area contributed by atoms with Gasteiger partial charge in [0, 0.05) is 57.1 Å². The summed E-state index contributed by atoms with van der Waals surface area (Å²) in [6.45, 7) is 43.5. The van der Waals surface area contributed by atoms with Crippen LogP contribution in [0.4, 0.5) is 28.4 Å². The van der Waals surface area contributed by atoms with Gasteiger partial charge in [-0.25, -0.2) is 0 Å². The van der Waals surface area contributed by atoms with Crippen LogP contribution in [0.2, 0.25) is 0 Å². The highest BCUT2D eigenvalue weighted by Gasteiger charge is 2.52. The van der Waals surface area contributed by atoms with Crippen LogP contribution < -0.4 is 31.5 Å².